The fourth-order valence-corrected chi connectivity index (χ4v) is 6.37. The van der Waals surface area contributed by atoms with Gasteiger partial charge in [-0.3, -0.25) is 14.4 Å². The number of ether oxygens (including phenoxy) is 2. The van der Waals surface area contributed by atoms with Gasteiger partial charge in [0, 0.05) is 37.4 Å². The Morgan fingerprint density at radius 3 is 2.77 bits per heavy atom. The summed E-state index contributed by atoms with van der Waals surface area (Å²) in [4.78, 5) is 45.9. The fraction of sp³-hybridized carbons (Fsp3) is 0.548. The number of carboxylic acid groups (broad SMARTS) is 1. The topological polar surface area (TPSA) is 106 Å². The zero-order chi connectivity index (χ0) is 27.7. The monoisotopic (exact) mass is 534 g/mol. The van der Waals surface area contributed by atoms with E-state index in [9.17, 15) is 19.5 Å². The highest BCUT2D eigenvalue weighted by Crippen LogP contribution is 2.57. The second kappa shape index (κ2) is 11.0. The normalized spacial score (nSPS) is 30.3. The van der Waals surface area contributed by atoms with Crippen molar-refractivity contribution in [1.29, 1.82) is 0 Å². The van der Waals surface area contributed by atoms with Crippen molar-refractivity contribution in [3.8, 4) is 11.6 Å². The molecule has 1 aliphatic heterocycles. The van der Waals surface area contributed by atoms with E-state index in [1.54, 1.807) is 18.0 Å². The number of hydrogen-bond donors (Lipinski definition) is 1. The van der Waals surface area contributed by atoms with E-state index in [1.165, 1.54) is 0 Å². The van der Waals surface area contributed by atoms with Gasteiger partial charge in [0.1, 0.15) is 17.6 Å². The van der Waals surface area contributed by atoms with E-state index < -0.39 is 23.2 Å². The molecule has 8 heteroatoms. The van der Waals surface area contributed by atoms with Crippen LogP contribution in [0, 0.1) is 30.1 Å². The van der Waals surface area contributed by atoms with Crippen molar-refractivity contribution in [3.05, 3.63) is 42.0 Å². The summed E-state index contributed by atoms with van der Waals surface area (Å²) in [6, 6.07) is 7.67. The van der Waals surface area contributed by atoms with Gasteiger partial charge in [-0.05, 0) is 69.9 Å². The number of pyridine rings is 1. The van der Waals surface area contributed by atoms with E-state index in [4.69, 9.17) is 9.47 Å². The van der Waals surface area contributed by atoms with Gasteiger partial charge in [0.15, 0.2) is 0 Å². The van der Waals surface area contributed by atoms with Gasteiger partial charge in [0.05, 0.1) is 23.5 Å². The van der Waals surface area contributed by atoms with Crippen molar-refractivity contribution in [2.24, 2.45) is 23.2 Å². The summed E-state index contributed by atoms with van der Waals surface area (Å²) in [5.41, 5.74) is 0.733. The van der Waals surface area contributed by atoms with E-state index in [1.807, 2.05) is 44.2 Å². The molecule has 1 aromatic carbocycles. The third-order valence-electron chi connectivity index (χ3n) is 8.72. The van der Waals surface area contributed by atoms with Crippen molar-refractivity contribution in [2.75, 3.05) is 20.2 Å². The number of aliphatic carboxylic acids is 1. The lowest BCUT2D eigenvalue weighted by atomic mass is 9.84. The van der Waals surface area contributed by atoms with Gasteiger partial charge in [-0.2, -0.15) is 0 Å². The molecule has 2 heterocycles. The van der Waals surface area contributed by atoms with Crippen molar-refractivity contribution in [3.63, 3.8) is 0 Å². The maximum absolute atomic E-state index is 13.7. The summed E-state index contributed by atoms with van der Waals surface area (Å²) < 4.78 is 12.2. The van der Waals surface area contributed by atoms with Crippen LogP contribution in [0.15, 0.2) is 36.4 Å². The predicted octanol–water partition coefficient (Wildman–Crippen LogP) is 4.96. The standard InChI is InChI=1S/C31H38N2O6/c1-4-38-27-16-26(22-12-9-10-19(2)28(22)32-27)39-21-14-23-24(15-21)29(35)33(3)13-8-6-5-7-11-20-17-31(20,30(36)37)18-25(23)34/h7,9-12,16,20-21,23-24H,4-6,8,13-15,17-18H2,1-3H3,(H,36,37)/b11-7-/t20-,21-,23-,24-,31-/m1/s1. The molecular weight excluding hydrogens is 496 g/mol. The van der Waals surface area contributed by atoms with Gasteiger partial charge in [0.25, 0.3) is 0 Å². The zero-order valence-corrected chi connectivity index (χ0v) is 23.0. The third-order valence-corrected chi connectivity index (χ3v) is 8.72. The molecular formula is C31H38N2O6. The van der Waals surface area contributed by atoms with Crippen LogP contribution >= 0.6 is 0 Å². The quantitative estimate of drug-likeness (QED) is 0.540. The number of Topliss-reactive ketones (excluding diaryl/α,β-unsaturated/α-hetero) is 1. The maximum atomic E-state index is 13.7. The minimum atomic E-state index is -1.05. The number of rotatable bonds is 5. The molecule has 0 spiro atoms. The van der Waals surface area contributed by atoms with Gasteiger partial charge in [-0.25, -0.2) is 4.98 Å². The molecule has 39 heavy (non-hydrogen) atoms. The first-order chi connectivity index (χ1) is 18.7. The number of ketones is 1. The molecule has 2 fully saturated rings. The van der Waals surface area contributed by atoms with Crippen LogP contribution < -0.4 is 9.47 Å². The van der Waals surface area contributed by atoms with E-state index >= 15 is 0 Å². The molecule has 1 N–H and O–H groups in total. The minimum absolute atomic E-state index is 0.0475. The van der Waals surface area contributed by atoms with E-state index in [-0.39, 0.29) is 30.1 Å². The molecule has 0 unspecified atom stereocenters. The Kier molecular flexibility index (Phi) is 7.65. The second-order valence-electron chi connectivity index (χ2n) is 11.4. The number of benzene rings is 1. The average Bonchev–Trinajstić information content (AvgIpc) is 3.44. The smallest absolute Gasteiger partial charge is 0.310 e. The first kappa shape index (κ1) is 27.2. The van der Waals surface area contributed by atoms with Gasteiger partial charge in [-0.15, -0.1) is 0 Å². The molecule has 0 radical (unpaired) electrons. The first-order valence-electron chi connectivity index (χ1n) is 14.1. The Hall–Kier alpha value is -3.42. The number of para-hydroxylation sites is 1. The second-order valence-corrected chi connectivity index (χ2v) is 11.4. The highest BCUT2D eigenvalue weighted by atomic mass is 16.5. The van der Waals surface area contributed by atoms with Gasteiger partial charge < -0.3 is 19.5 Å². The molecule has 0 bridgehead atoms. The highest BCUT2D eigenvalue weighted by molar-refractivity contribution is 5.94. The van der Waals surface area contributed by atoms with Crippen molar-refractivity contribution in [2.45, 2.75) is 64.9 Å². The number of hydrogen-bond acceptors (Lipinski definition) is 6. The Labute approximate surface area is 229 Å². The molecule has 1 amide bonds. The third kappa shape index (κ3) is 5.38. The van der Waals surface area contributed by atoms with Gasteiger partial charge in [0.2, 0.25) is 11.8 Å². The lowest BCUT2D eigenvalue weighted by molar-refractivity contribution is -0.147. The van der Waals surface area contributed by atoms with Crippen LogP contribution in [0.25, 0.3) is 10.9 Å². The zero-order valence-electron chi connectivity index (χ0n) is 23.0. The fourth-order valence-electron chi connectivity index (χ4n) is 6.37. The SMILES string of the molecule is CCOc1cc(O[C@@H]2C[C@H]3C(=O)C[C@]4(C(=O)O)C[C@H]4/C=C\CCCCN(C)C(=O)[C@@H]3C2)c2cccc(C)c2n1. The number of amides is 1. The van der Waals surface area contributed by atoms with Crippen LogP contribution in [-0.2, 0) is 14.4 Å². The Morgan fingerprint density at radius 2 is 2.00 bits per heavy atom. The lowest BCUT2D eigenvalue weighted by Crippen LogP contribution is -2.38. The van der Waals surface area contributed by atoms with E-state index in [0.29, 0.717) is 44.0 Å². The highest BCUT2D eigenvalue weighted by Gasteiger charge is 2.61. The van der Waals surface area contributed by atoms with Crippen molar-refractivity contribution < 1.29 is 29.0 Å². The van der Waals surface area contributed by atoms with E-state index in [0.717, 1.165) is 35.7 Å². The number of aryl methyl sites for hydroxylation is 1. The molecule has 1 aromatic heterocycles. The number of nitrogens with zero attached hydrogens (tertiary/aromatic N) is 2. The molecule has 2 saturated carbocycles. The predicted molar refractivity (Wildman–Crippen MR) is 147 cm³/mol. The average molecular weight is 535 g/mol. The summed E-state index contributed by atoms with van der Waals surface area (Å²) in [6.45, 7) is 4.98. The van der Waals surface area contributed by atoms with Crippen LogP contribution in [0.5, 0.6) is 11.6 Å². The molecule has 2 aromatic rings. The number of fused-ring (bicyclic) bond motifs is 3. The Balaban J connectivity index is 1.44. The minimum Gasteiger partial charge on any atom is -0.489 e. The number of carbonyl (C=O) groups is 3. The van der Waals surface area contributed by atoms with Crippen LogP contribution in [-0.4, -0.2) is 59.0 Å². The largest absolute Gasteiger partial charge is 0.489 e. The van der Waals surface area contributed by atoms with E-state index in [2.05, 4.69) is 4.98 Å². The summed E-state index contributed by atoms with van der Waals surface area (Å²) in [7, 11) is 1.79. The van der Waals surface area contributed by atoms with Crippen molar-refractivity contribution >= 4 is 28.6 Å². The van der Waals surface area contributed by atoms with Crippen LogP contribution in [0.3, 0.4) is 0 Å². The summed E-state index contributed by atoms with van der Waals surface area (Å²) in [5.74, 6) is -1.28. The molecule has 208 valence electrons. The molecule has 5 rings (SSSR count). The number of carbonyl (C=O) groups excluding carboxylic acids is 2. The number of carboxylic acids is 1. The van der Waals surface area contributed by atoms with Crippen LogP contribution in [0.4, 0.5) is 0 Å². The number of aromatic nitrogens is 1. The summed E-state index contributed by atoms with van der Waals surface area (Å²) in [6.07, 6.45) is 7.47. The Morgan fingerprint density at radius 1 is 1.21 bits per heavy atom. The maximum Gasteiger partial charge on any atom is 0.310 e. The molecule has 8 nitrogen and oxygen atoms in total. The molecule has 2 aliphatic carbocycles. The van der Waals surface area contributed by atoms with Crippen LogP contribution in [0.1, 0.15) is 57.4 Å². The van der Waals surface area contributed by atoms with Gasteiger partial charge in [-0.1, -0.05) is 24.3 Å². The van der Waals surface area contributed by atoms with Crippen molar-refractivity contribution in [1.82, 2.24) is 9.88 Å². The lowest BCUT2D eigenvalue weighted by Gasteiger charge is -2.25. The molecule has 0 saturated heterocycles. The Bertz CT molecular complexity index is 1310. The number of allylic oxidation sites excluding steroid dienone is 2. The summed E-state index contributed by atoms with van der Waals surface area (Å²) in [5, 5.41) is 10.9. The van der Waals surface area contributed by atoms with Gasteiger partial charge >= 0.3 is 5.97 Å². The molecule has 3 aliphatic rings. The van der Waals surface area contributed by atoms with Crippen LogP contribution in [0.2, 0.25) is 0 Å². The molecule has 5 atom stereocenters. The summed E-state index contributed by atoms with van der Waals surface area (Å²) >= 11 is 0. The first-order valence-corrected chi connectivity index (χ1v) is 14.1.